The van der Waals surface area contributed by atoms with Gasteiger partial charge in [-0.05, 0) is 5.92 Å². The van der Waals surface area contributed by atoms with Crippen LogP contribution in [-0.2, 0) is 19.1 Å². The highest BCUT2D eigenvalue weighted by Crippen LogP contribution is 2.27. The minimum absolute atomic E-state index is 0.0180. The van der Waals surface area contributed by atoms with Crippen molar-refractivity contribution in [3.8, 4) is 0 Å². The molecule has 132 valence electrons. The number of ether oxygens (including phenoxy) is 2. The maximum absolute atomic E-state index is 13.3. The average Bonchev–Trinajstić information content (AvgIpc) is 2.45. The summed E-state index contributed by atoms with van der Waals surface area (Å²) >= 11 is 0. The van der Waals surface area contributed by atoms with Crippen molar-refractivity contribution in [2.45, 2.75) is 38.9 Å². The monoisotopic (exact) mass is 334 g/mol. The molecule has 23 heavy (non-hydrogen) atoms. The molecule has 0 aromatic rings. The molecular weight excluding hydrogens is 310 g/mol. The Morgan fingerprint density at radius 1 is 1.13 bits per heavy atom. The van der Waals surface area contributed by atoms with Gasteiger partial charge in [-0.1, -0.05) is 13.8 Å². The van der Waals surface area contributed by atoms with E-state index < -0.39 is 17.6 Å². The Kier molecular flexibility index (Phi) is 5.25. The third-order valence-electron chi connectivity index (χ3n) is 3.91. The van der Waals surface area contributed by atoms with Crippen LogP contribution >= 0.6 is 0 Å². The second-order valence-corrected chi connectivity index (χ2v) is 6.64. The fourth-order valence-electron chi connectivity index (χ4n) is 2.84. The third-order valence-corrected chi connectivity index (χ3v) is 3.91. The standard InChI is InChI=1S/C15H24F2N2O4/c1-11(2)8-12(20)18-4-6-22-15(9-18)10-19(5-7-23-15)13(21)14(3,16)17/h11H,4-10H2,1-3H3. The van der Waals surface area contributed by atoms with E-state index >= 15 is 0 Å². The summed E-state index contributed by atoms with van der Waals surface area (Å²) in [4.78, 5) is 26.7. The topological polar surface area (TPSA) is 59.1 Å². The van der Waals surface area contributed by atoms with Gasteiger partial charge in [0.25, 0.3) is 5.91 Å². The van der Waals surface area contributed by atoms with Crippen LogP contribution in [-0.4, -0.2) is 72.7 Å². The lowest BCUT2D eigenvalue weighted by Crippen LogP contribution is -2.64. The van der Waals surface area contributed by atoms with Gasteiger partial charge in [0.1, 0.15) is 0 Å². The first kappa shape index (κ1) is 18.1. The summed E-state index contributed by atoms with van der Waals surface area (Å²) in [6.07, 6.45) is 0.408. The van der Waals surface area contributed by atoms with E-state index in [1.807, 2.05) is 13.8 Å². The molecule has 2 fully saturated rings. The highest BCUT2D eigenvalue weighted by atomic mass is 19.3. The van der Waals surface area contributed by atoms with Crippen LogP contribution in [0, 0.1) is 5.92 Å². The van der Waals surface area contributed by atoms with Crippen LogP contribution < -0.4 is 0 Å². The van der Waals surface area contributed by atoms with Crippen LogP contribution in [0.4, 0.5) is 8.78 Å². The lowest BCUT2D eigenvalue weighted by molar-refractivity contribution is -0.288. The Bertz CT molecular complexity index is 463. The number of hydrogen-bond donors (Lipinski definition) is 0. The predicted octanol–water partition coefficient (Wildman–Crippen LogP) is 1.10. The molecule has 2 saturated heterocycles. The Morgan fingerprint density at radius 3 is 2.17 bits per heavy atom. The van der Waals surface area contributed by atoms with Crippen molar-refractivity contribution in [3.63, 3.8) is 0 Å². The van der Waals surface area contributed by atoms with Crippen LogP contribution in [0.1, 0.15) is 27.2 Å². The molecule has 0 radical (unpaired) electrons. The number of alkyl halides is 2. The Hall–Kier alpha value is -1.28. The summed E-state index contributed by atoms with van der Waals surface area (Å²) in [6.45, 7) is 5.43. The Labute approximate surface area is 134 Å². The summed E-state index contributed by atoms with van der Waals surface area (Å²) < 4.78 is 37.8. The number of rotatable bonds is 3. The minimum atomic E-state index is -3.43. The van der Waals surface area contributed by atoms with Gasteiger partial charge in [-0.15, -0.1) is 0 Å². The van der Waals surface area contributed by atoms with E-state index in [0.29, 0.717) is 19.9 Å². The summed E-state index contributed by atoms with van der Waals surface area (Å²) in [5.41, 5.74) is 0. The maximum Gasteiger partial charge on any atom is 0.322 e. The molecule has 2 heterocycles. The van der Waals surface area contributed by atoms with E-state index in [0.717, 1.165) is 4.90 Å². The van der Waals surface area contributed by atoms with Crippen LogP contribution in [0.25, 0.3) is 0 Å². The second kappa shape index (κ2) is 6.68. The molecule has 0 aliphatic carbocycles. The van der Waals surface area contributed by atoms with Crippen molar-refractivity contribution in [3.05, 3.63) is 0 Å². The quantitative estimate of drug-likeness (QED) is 0.776. The van der Waals surface area contributed by atoms with Crippen molar-refractivity contribution in [2.75, 3.05) is 39.4 Å². The number of carbonyl (C=O) groups excluding carboxylic acids is 2. The molecule has 2 aliphatic heterocycles. The summed E-state index contributed by atoms with van der Waals surface area (Å²) in [5, 5.41) is 0. The first-order valence-corrected chi connectivity index (χ1v) is 7.86. The fourth-order valence-corrected chi connectivity index (χ4v) is 2.84. The van der Waals surface area contributed by atoms with Crippen LogP contribution in [0.5, 0.6) is 0 Å². The SMILES string of the molecule is CC(C)CC(=O)N1CCOC2(C1)CN(C(=O)C(C)(F)F)CCO2. The molecule has 1 spiro atoms. The molecule has 2 aliphatic rings. The first-order chi connectivity index (χ1) is 10.6. The lowest BCUT2D eigenvalue weighted by atomic mass is 10.1. The van der Waals surface area contributed by atoms with Gasteiger partial charge >= 0.3 is 5.92 Å². The number of hydrogen-bond acceptors (Lipinski definition) is 4. The molecule has 2 rings (SSSR count). The minimum Gasteiger partial charge on any atom is -0.345 e. The largest absolute Gasteiger partial charge is 0.345 e. The van der Waals surface area contributed by atoms with Crippen LogP contribution in [0.3, 0.4) is 0 Å². The van der Waals surface area contributed by atoms with Gasteiger partial charge in [0, 0.05) is 26.4 Å². The molecule has 6 nitrogen and oxygen atoms in total. The molecule has 0 bridgehead atoms. The number of amides is 2. The van der Waals surface area contributed by atoms with Gasteiger partial charge in [-0.2, -0.15) is 8.78 Å². The summed E-state index contributed by atoms with van der Waals surface area (Å²) in [6, 6.07) is 0. The molecular formula is C15H24F2N2O4. The third kappa shape index (κ3) is 4.38. The molecule has 2 amide bonds. The second-order valence-electron chi connectivity index (χ2n) is 6.64. The van der Waals surface area contributed by atoms with Crippen molar-refractivity contribution in [1.29, 1.82) is 0 Å². The van der Waals surface area contributed by atoms with Crippen molar-refractivity contribution in [2.24, 2.45) is 5.92 Å². The van der Waals surface area contributed by atoms with Crippen molar-refractivity contribution in [1.82, 2.24) is 9.80 Å². The van der Waals surface area contributed by atoms with Gasteiger partial charge in [0.05, 0.1) is 26.3 Å². The van der Waals surface area contributed by atoms with Crippen molar-refractivity contribution >= 4 is 11.8 Å². The van der Waals surface area contributed by atoms with E-state index in [1.165, 1.54) is 0 Å². The number of carbonyl (C=O) groups is 2. The van der Waals surface area contributed by atoms with Gasteiger partial charge in [0.15, 0.2) is 0 Å². The van der Waals surface area contributed by atoms with E-state index in [-0.39, 0.29) is 44.7 Å². The lowest BCUT2D eigenvalue weighted by Gasteiger charge is -2.47. The zero-order valence-electron chi connectivity index (χ0n) is 13.8. The highest BCUT2D eigenvalue weighted by Gasteiger charge is 2.47. The molecule has 0 N–H and O–H groups in total. The maximum atomic E-state index is 13.3. The molecule has 0 aromatic heterocycles. The molecule has 0 aromatic carbocycles. The van der Waals surface area contributed by atoms with Gasteiger partial charge < -0.3 is 19.3 Å². The van der Waals surface area contributed by atoms with Gasteiger partial charge in [-0.3, -0.25) is 9.59 Å². The smallest absolute Gasteiger partial charge is 0.322 e. The van der Waals surface area contributed by atoms with Crippen LogP contribution in [0.15, 0.2) is 0 Å². The van der Waals surface area contributed by atoms with E-state index in [9.17, 15) is 18.4 Å². The molecule has 1 atom stereocenters. The average molecular weight is 334 g/mol. The Morgan fingerprint density at radius 2 is 1.65 bits per heavy atom. The van der Waals surface area contributed by atoms with E-state index in [1.54, 1.807) is 4.90 Å². The molecule has 1 unspecified atom stereocenters. The first-order valence-electron chi connectivity index (χ1n) is 7.86. The summed E-state index contributed by atoms with van der Waals surface area (Å²) in [7, 11) is 0. The van der Waals surface area contributed by atoms with Gasteiger partial charge in [-0.25, -0.2) is 0 Å². The predicted molar refractivity (Wildman–Crippen MR) is 77.9 cm³/mol. The zero-order chi connectivity index (χ0) is 17.3. The number of morpholine rings is 2. The molecule has 0 saturated carbocycles. The Balaban J connectivity index is 2.05. The number of nitrogens with zero attached hydrogens (tertiary/aromatic N) is 2. The fraction of sp³-hybridized carbons (Fsp3) is 0.867. The van der Waals surface area contributed by atoms with E-state index in [2.05, 4.69) is 0 Å². The number of halogens is 2. The van der Waals surface area contributed by atoms with E-state index in [4.69, 9.17) is 9.47 Å². The zero-order valence-corrected chi connectivity index (χ0v) is 13.8. The highest BCUT2D eigenvalue weighted by molar-refractivity contribution is 5.83. The molecule has 8 heteroatoms. The van der Waals surface area contributed by atoms with Crippen molar-refractivity contribution < 1.29 is 27.8 Å². The summed E-state index contributed by atoms with van der Waals surface area (Å²) in [5.74, 6) is -5.67. The normalized spacial score (nSPS) is 26.0. The van der Waals surface area contributed by atoms with Crippen LogP contribution in [0.2, 0.25) is 0 Å². The van der Waals surface area contributed by atoms with Gasteiger partial charge in [0.2, 0.25) is 11.7 Å².